The van der Waals surface area contributed by atoms with E-state index in [1.807, 2.05) is 24.3 Å². The number of Topliss-reactive ketones (excluding diaryl/α,β-unsaturated/α-hetero) is 1. The highest BCUT2D eigenvalue weighted by Crippen LogP contribution is 2.30. The van der Waals surface area contributed by atoms with E-state index in [9.17, 15) is 13.2 Å². The van der Waals surface area contributed by atoms with E-state index in [0.29, 0.717) is 37.0 Å². The first-order valence-corrected chi connectivity index (χ1v) is 14.4. The van der Waals surface area contributed by atoms with Crippen LogP contribution in [0.4, 0.5) is 0 Å². The third-order valence-corrected chi connectivity index (χ3v) is 9.27. The highest BCUT2D eigenvalue weighted by molar-refractivity contribution is 7.89. The molecule has 0 amide bonds. The van der Waals surface area contributed by atoms with Crippen LogP contribution in [-0.4, -0.2) is 62.7 Å². The monoisotopic (exact) mass is 517 g/mol. The molecule has 2 aromatic rings. The average Bonchev–Trinajstić information content (AvgIpc) is 3.36. The molecule has 0 aliphatic carbocycles. The van der Waals surface area contributed by atoms with Crippen LogP contribution in [0, 0.1) is 11.8 Å². The molecule has 3 atom stereocenters. The fourth-order valence-electron chi connectivity index (χ4n) is 5.44. The van der Waals surface area contributed by atoms with Crippen molar-refractivity contribution in [2.75, 3.05) is 39.3 Å². The van der Waals surface area contributed by atoms with Crippen LogP contribution in [0.3, 0.4) is 0 Å². The SMILES string of the molecule is CC1CC(C)CN(S(=O)(=O)c2cccc(C(=O)CNCC(c3ccccc3Cl)N3CCCC3)c2)C1. The molecule has 8 heteroatoms. The van der Waals surface area contributed by atoms with Crippen LogP contribution in [0.1, 0.15) is 55.1 Å². The van der Waals surface area contributed by atoms with Gasteiger partial charge >= 0.3 is 0 Å². The molecule has 2 saturated heterocycles. The second-order valence-electron chi connectivity index (χ2n) is 10.1. The second kappa shape index (κ2) is 11.5. The van der Waals surface area contributed by atoms with Gasteiger partial charge < -0.3 is 5.32 Å². The van der Waals surface area contributed by atoms with Gasteiger partial charge in [-0.3, -0.25) is 9.69 Å². The number of ketones is 1. The van der Waals surface area contributed by atoms with Crippen molar-refractivity contribution in [3.05, 3.63) is 64.7 Å². The number of piperidine rings is 1. The molecule has 2 aliphatic rings. The van der Waals surface area contributed by atoms with Gasteiger partial charge in [0.05, 0.1) is 11.4 Å². The third kappa shape index (κ3) is 6.33. The van der Waals surface area contributed by atoms with E-state index in [0.717, 1.165) is 42.9 Å². The Balaban J connectivity index is 1.43. The molecule has 0 spiro atoms. The predicted molar refractivity (Wildman–Crippen MR) is 140 cm³/mol. The summed E-state index contributed by atoms with van der Waals surface area (Å²) < 4.78 is 28.1. The van der Waals surface area contributed by atoms with E-state index in [1.54, 1.807) is 22.5 Å². The molecule has 0 saturated carbocycles. The Bertz CT molecular complexity index is 1120. The lowest BCUT2D eigenvalue weighted by Gasteiger charge is -2.34. The molecule has 35 heavy (non-hydrogen) atoms. The first-order valence-electron chi connectivity index (χ1n) is 12.6. The first kappa shape index (κ1) is 26.3. The zero-order valence-electron chi connectivity index (χ0n) is 20.6. The van der Waals surface area contributed by atoms with Crippen LogP contribution in [-0.2, 0) is 10.0 Å². The van der Waals surface area contributed by atoms with Crippen molar-refractivity contribution < 1.29 is 13.2 Å². The Labute approximate surface area is 214 Å². The molecule has 2 heterocycles. The van der Waals surface area contributed by atoms with E-state index in [2.05, 4.69) is 24.1 Å². The van der Waals surface area contributed by atoms with Crippen LogP contribution in [0.2, 0.25) is 5.02 Å². The number of carbonyl (C=O) groups is 1. The van der Waals surface area contributed by atoms with E-state index in [-0.39, 0.29) is 23.3 Å². The summed E-state index contributed by atoms with van der Waals surface area (Å²) in [5.41, 5.74) is 1.47. The van der Waals surface area contributed by atoms with Crippen molar-refractivity contribution in [2.24, 2.45) is 11.8 Å². The lowest BCUT2D eigenvalue weighted by Crippen LogP contribution is -2.42. The van der Waals surface area contributed by atoms with Crippen LogP contribution in [0.25, 0.3) is 0 Å². The van der Waals surface area contributed by atoms with Gasteiger partial charge in [0.25, 0.3) is 0 Å². The molecule has 0 radical (unpaired) electrons. The van der Waals surface area contributed by atoms with Gasteiger partial charge in [-0.2, -0.15) is 4.31 Å². The highest BCUT2D eigenvalue weighted by atomic mass is 35.5. The van der Waals surface area contributed by atoms with Crippen molar-refractivity contribution in [3.8, 4) is 0 Å². The summed E-state index contributed by atoms with van der Waals surface area (Å²) in [5.74, 6) is 0.523. The standard InChI is InChI=1S/C27H36ClN3O3S/c1-20-14-21(2)19-31(18-20)35(33,34)23-9-7-8-22(15-23)27(32)17-29-16-26(30-12-5-6-13-30)24-10-3-4-11-25(24)28/h3-4,7-11,15,20-21,26,29H,5-6,12-14,16-19H2,1-2H3. The number of benzene rings is 2. The number of carbonyl (C=O) groups excluding carboxylic acids is 1. The molecular weight excluding hydrogens is 482 g/mol. The van der Waals surface area contributed by atoms with Gasteiger partial charge in [0.1, 0.15) is 0 Å². The maximum absolute atomic E-state index is 13.3. The van der Waals surface area contributed by atoms with Gasteiger partial charge in [0.2, 0.25) is 10.0 Å². The molecule has 2 aromatic carbocycles. The maximum Gasteiger partial charge on any atom is 0.243 e. The van der Waals surface area contributed by atoms with Gasteiger partial charge in [-0.05, 0) is 68.0 Å². The molecule has 0 bridgehead atoms. The number of sulfonamides is 1. The minimum absolute atomic E-state index is 0.0915. The molecule has 6 nitrogen and oxygen atoms in total. The largest absolute Gasteiger partial charge is 0.308 e. The third-order valence-electron chi connectivity index (χ3n) is 7.10. The fraction of sp³-hybridized carbons (Fsp3) is 0.519. The average molecular weight is 518 g/mol. The lowest BCUT2D eigenvalue weighted by atomic mass is 9.94. The number of hydrogen-bond donors (Lipinski definition) is 1. The van der Waals surface area contributed by atoms with E-state index in [1.165, 1.54) is 6.07 Å². The lowest BCUT2D eigenvalue weighted by molar-refractivity contribution is 0.0987. The van der Waals surface area contributed by atoms with Crippen molar-refractivity contribution >= 4 is 27.4 Å². The minimum atomic E-state index is -3.63. The van der Waals surface area contributed by atoms with Crippen molar-refractivity contribution in [3.63, 3.8) is 0 Å². The van der Waals surface area contributed by atoms with Gasteiger partial charge in [-0.25, -0.2) is 8.42 Å². The van der Waals surface area contributed by atoms with Crippen LogP contribution in [0.5, 0.6) is 0 Å². The summed E-state index contributed by atoms with van der Waals surface area (Å²) in [6, 6.07) is 14.4. The van der Waals surface area contributed by atoms with Gasteiger partial charge in [-0.15, -0.1) is 0 Å². The van der Waals surface area contributed by atoms with Crippen molar-refractivity contribution in [1.29, 1.82) is 0 Å². The summed E-state index contributed by atoms with van der Waals surface area (Å²) in [6.45, 7) is 7.97. The van der Waals surface area contributed by atoms with Gasteiger partial charge in [0, 0.05) is 36.3 Å². The number of likely N-dealkylation sites (tertiary alicyclic amines) is 1. The van der Waals surface area contributed by atoms with Gasteiger partial charge in [-0.1, -0.05) is 55.8 Å². The van der Waals surface area contributed by atoms with E-state index in [4.69, 9.17) is 11.6 Å². The predicted octanol–water partition coefficient (Wildman–Crippen LogP) is 4.62. The van der Waals surface area contributed by atoms with Gasteiger partial charge in [0.15, 0.2) is 5.78 Å². The Morgan fingerprint density at radius 1 is 1.06 bits per heavy atom. The zero-order valence-corrected chi connectivity index (χ0v) is 22.2. The quantitative estimate of drug-likeness (QED) is 0.492. The molecule has 2 aliphatic heterocycles. The topological polar surface area (TPSA) is 69.7 Å². The van der Waals surface area contributed by atoms with Crippen LogP contribution < -0.4 is 5.32 Å². The number of nitrogens with zero attached hydrogens (tertiary/aromatic N) is 2. The Kier molecular flexibility index (Phi) is 8.66. The number of halogens is 1. The minimum Gasteiger partial charge on any atom is -0.308 e. The number of hydrogen-bond acceptors (Lipinski definition) is 5. The molecule has 4 rings (SSSR count). The smallest absolute Gasteiger partial charge is 0.243 e. The summed E-state index contributed by atoms with van der Waals surface area (Å²) >= 11 is 6.49. The first-order chi connectivity index (χ1) is 16.8. The second-order valence-corrected chi connectivity index (χ2v) is 12.5. The summed E-state index contributed by atoms with van der Waals surface area (Å²) in [6.07, 6.45) is 3.36. The molecule has 3 unspecified atom stereocenters. The zero-order chi connectivity index (χ0) is 25.0. The Morgan fingerprint density at radius 2 is 1.74 bits per heavy atom. The molecule has 190 valence electrons. The molecule has 0 aromatic heterocycles. The highest BCUT2D eigenvalue weighted by Gasteiger charge is 2.32. The van der Waals surface area contributed by atoms with E-state index >= 15 is 0 Å². The molecular formula is C27H36ClN3O3S. The summed E-state index contributed by atoms with van der Waals surface area (Å²) in [7, 11) is -3.63. The van der Waals surface area contributed by atoms with Crippen LogP contribution >= 0.6 is 11.6 Å². The summed E-state index contributed by atoms with van der Waals surface area (Å²) in [5, 5.41) is 4.04. The maximum atomic E-state index is 13.3. The number of nitrogens with one attached hydrogen (secondary N) is 1. The number of rotatable bonds is 9. The normalized spacial score (nSPS) is 22.8. The van der Waals surface area contributed by atoms with E-state index < -0.39 is 10.0 Å². The Morgan fingerprint density at radius 3 is 2.43 bits per heavy atom. The molecule has 2 fully saturated rings. The van der Waals surface area contributed by atoms with Crippen molar-refractivity contribution in [2.45, 2.75) is 44.0 Å². The summed E-state index contributed by atoms with van der Waals surface area (Å²) in [4.78, 5) is 15.6. The Hall–Kier alpha value is -1.77. The fourth-order valence-corrected chi connectivity index (χ4v) is 7.43. The van der Waals surface area contributed by atoms with Crippen molar-refractivity contribution in [1.82, 2.24) is 14.5 Å². The molecule has 1 N–H and O–H groups in total. The van der Waals surface area contributed by atoms with Crippen LogP contribution in [0.15, 0.2) is 53.4 Å².